The minimum atomic E-state index is -0.680. The molecular formula is C13H21BrN2O. The zero-order valence-corrected chi connectivity index (χ0v) is 12.0. The van der Waals surface area contributed by atoms with Crippen molar-refractivity contribution in [1.82, 2.24) is 9.78 Å². The molecule has 1 aliphatic carbocycles. The maximum absolute atomic E-state index is 10.9. The topological polar surface area (TPSA) is 38.0 Å². The van der Waals surface area contributed by atoms with Gasteiger partial charge in [-0.25, -0.2) is 0 Å². The highest BCUT2D eigenvalue weighted by Crippen LogP contribution is 2.39. The number of halogens is 1. The van der Waals surface area contributed by atoms with Crippen molar-refractivity contribution < 1.29 is 5.11 Å². The first kappa shape index (κ1) is 13.1. The van der Waals surface area contributed by atoms with Gasteiger partial charge < -0.3 is 5.11 Å². The average Bonchev–Trinajstić information content (AvgIpc) is 2.53. The monoisotopic (exact) mass is 300 g/mol. The first-order chi connectivity index (χ1) is 8.17. The van der Waals surface area contributed by atoms with Crippen molar-refractivity contribution in [3.63, 3.8) is 0 Å². The summed E-state index contributed by atoms with van der Waals surface area (Å²) in [5.41, 5.74) is 0.308. The number of aryl methyl sites for hydroxylation is 1. The Hall–Kier alpha value is -0.350. The first-order valence-corrected chi connectivity index (χ1v) is 7.41. The largest absolute Gasteiger partial charge is 0.384 e. The van der Waals surface area contributed by atoms with Gasteiger partial charge in [-0.3, -0.25) is 4.68 Å². The summed E-state index contributed by atoms with van der Waals surface area (Å²) in [6, 6.07) is 0. The Morgan fingerprint density at radius 1 is 1.35 bits per heavy atom. The summed E-state index contributed by atoms with van der Waals surface area (Å²) in [5, 5.41) is 15.3. The smallest absolute Gasteiger partial charge is 0.107 e. The van der Waals surface area contributed by atoms with Crippen LogP contribution in [0.25, 0.3) is 0 Å². The van der Waals surface area contributed by atoms with E-state index in [1.807, 2.05) is 10.9 Å². The van der Waals surface area contributed by atoms with Crippen LogP contribution in [0.4, 0.5) is 0 Å². The molecule has 1 saturated carbocycles. The molecule has 0 bridgehead atoms. The van der Waals surface area contributed by atoms with Gasteiger partial charge in [0.05, 0.1) is 16.4 Å². The van der Waals surface area contributed by atoms with Gasteiger partial charge >= 0.3 is 0 Å². The third-order valence-electron chi connectivity index (χ3n) is 3.60. The van der Waals surface area contributed by atoms with Gasteiger partial charge in [0.25, 0.3) is 0 Å². The lowest BCUT2D eigenvalue weighted by Crippen LogP contribution is -2.29. The molecule has 1 aromatic rings. The average molecular weight is 301 g/mol. The summed E-state index contributed by atoms with van der Waals surface area (Å²) in [5.74, 6) is 0. The van der Waals surface area contributed by atoms with E-state index in [-0.39, 0.29) is 0 Å². The fraction of sp³-hybridized carbons (Fsp3) is 0.769. The van der Waals surface area contributed by atoms with Gasteiger partial charge in [-0.1, -0.05) is 32.6 Å². The molecular weight excluding hydrogens is 280 g/mol. The molecule has 4 heteroatoms. The molecule has 1 aliphatic rings. The van der Waals surface area contributed by atoms with Crippen molar-refractivity contribution in [3.05, 3.63) is 16.4 Å². The molecule has 1 N–H and O–H groups in total. The molecule has 1 fully saturated rings. The zero-order chi connectivity index (χ0) is 12.3. The quantitative estimate of drug-likeness (QED) is 0.866. The highest BCUT2D eigenvalue weighted by Gasteiger charge is 2.35. The number of hydrogen-bond acceptors (Lipinski definition) is 2. The molecule has 0 atom stereocenters. The number of hydrogen-bond donors (Lipinski definition) is 1. The van der Waals surface area contributed by atoms with E-state index in [1.165, 1.54) is 12.8 Å². The van der Waals surface area contributed by atoms with Gasteiger partial charge in [0, 0.05) is 6.54 Å². The highest BCUT2D eigenvalue weighted by molar-refractivity contribution is 9.10. The van der Waals surface area contributed by atoms with Crippen molar-refractivity contribution >= 4 is 15.9 Å². The van der Waals surface area contributed by atoms with E-state index in [1.54, 1.807) is 0 Å². The second-order valence-corrected chi connectivity index (χ2v) is 5.86. The predicted molar refractivity (Wildman–Crippen MR) is 71.8 cm³/mol. The molecule has 1 heterocycles. The molecule has 0 amide bonds. The lowest BCUT2D eigenvalue weighted by molar-refractivity contribution is 0.0110. The molecule has 96 valence electrons. The standard InChI is InChI=1S/C13H21BrN2O/c1-2-9-16-12(11(14)10-15-16)13(17)7-5-3-4-6-8-13/h10,17H,2-9H2,1H3. The van der Waals surface area contributed by atoms with Gasteiger partial charge in [0.15, 0.2) is 0 Å². The second-order valence-electron chi connectivity index (χ2n) is 5.01. The van der Waals surface area contributed by atoms with Crippen LogP contribution in [-0.2, 0) is 12.1 Å². The fourth-order valence-electron chi connectivity index (χ4n) is 2.76. The van der Waals surface area contributed by atoms with Gasteiger partial charge in [0.2, 0.25) is 0 Å². The summed E-state index contributed by atoms with van der Waals surface area (Å²) in [6.07, 6.45) is 9.28. The van der Waals surface area contributed by atoms with Crippen LogP contribution in [0.1, 0.15) is 57.6 Å². The van der Waals surface area contributed by atoms with Crippen molar-refractivity contribution in [2.24, 2.45) is 0 Å². The summed E-state index contributed by atoms with van der Waals surface area (Å²) in [4.78, 5) is 0. The molecule has 0 radical (unpaired) electrons. The maximum atomic E-state index is 10.9. The van der Waals surface area contributed by atoms with Crippen LogP contribution in [-0.4, -0.2) is 14.9 Å². The summed E-state index contributed by atoms with van der Waals surface area (Å²) in [7, 11) is 0. The van der Waals surface area contributed by atoms with E-state index in [2.05, 4.69) is 28.0 Å². The Bertz CT molecular complexity index is 367. The molecule has 0 saturated heterocycles. The van der Waals surface area contributed by atoms with Crippen molar-refractivity contribution in [2.45, 2.75) is 64.0 Å². The van der Waals surface area contributed by atoms with E-state index in [0.29, 0.717) is 0 Å². The maximum Gasteiger partial charge on any atom is 0.107 e. The Kier molecular flexibility index (Phi) is 4.26. The minimum absolute atomic E-state index is 0.680. The third-order valence-corrected chi connectivity index (χ3v) is 4.18. The lowest BCUT2D eigenvalue weighted by Gasteiger charge is -2.28. The van der Waals surface area contributed by atoms with Gasteiger partial charge in [0.1, 0.15) is 5.60 Å². The van der Waals surface area contributed by atoms with Crippen LogP contribution in [0.5, 0.6) is 0 Å². The first-order valence-electron chi connectivity index (χ1n) is 6.61. The Morgan fingerprint density at radius 3 is 2.59 bits per heavy atom. The van der Waals surface area contributed by atoms with E-state index in [9.17, 15) is 5.11 Å². The Balaban J connectivity index is 2.32. The molecule has 1 aromatic heterocycles. The summed E-state index contributed by atoms with van der Waals surface area (Å²) < 4.78 is 2.92. The summed E-state index contributed by atoms with van der Waals surface area (Å²) in [6.45, 7) is 3.01. The molecule has 0 aliphatic heterocycles. The highest BCUT2D eigenvalue weighted by atomic mass is 79.9. The van der Waals surface area contributed by atoms with Crippen molar-refractivity contribution in [3.8, 4) is 0 Å². The van der Waals surface area contributed by atoms with Crippen LogP contribution >= 0.6 is 15.9 Å². The molecule has 0 aromatic carbocycles. The van der Waals surface area contributed by atoms with E-state index >= 15 is 0 Å². The molecule has 2 rings (SSSR count). The molecule has 17 heavy (non-hydrogen) atoms. The lowest BCUT2D eigenvalue weighted by atomic mass is 9.90. The predicted octanol–water partition coefficient (Wildman–Crippen LogP) is 3.60. The van der Waals surface area contributed by atoms with Crippen LogP contribution in [0.3, 0.4) is 0 Å². The number of rotatable bonds is 3. The fourth-order valence-corrected chi connectivity index (χ4v) is 3.42. The normalized spacial score (nSPS) is 20.2. The van der Waals surface area contributed by atoms with E-state index in [0.717, 1.165) is 48.8 Å². The van der Waals surface area contributed by atoms with Crippen molar-refractivity contribution in [1.29, 1.82) is 0 Å². The van der Waals surface area contributed by atoms with Crippen molar-refractivity contribution in [2.75, 3.05) is 0 Å². The number of aromatic nitrogens is 2. The van der Waals surface area contributed by atoms with Gasteiger partial charge in [-0.15, -0.1) is 0 Å². The van der Waals surface area contributed by atoms with Crippen LogP contribution in [0.2, 0.25) is 0 Å². The molecule has 0 spiro atoms. The van der Waals surface area contributed by atoms with Gasteiger partial charge in [-0.2, -0.15) is 5.10 Å². The zero-order valence-electron chi connectivity index (χ0n) is 10.5. The van der Waals surface area contributed by atoms with Gasteiger partial charge in [-0.05, 0) is 35.2 Å². The third kappa shape index (κ3) is 2.74. The summed E-state index contributed by atoms with van der Waals surface area (Å²) >= 11 is 3.54. The van der Waals surface area contributed by atoms with E-state index in [4.69, 9.17) is 0 Å². The minimum Gasteiger partial charge on any atom is -0.384 e. The number of aliphatic hydroxyl groups is 1. The molecule has 3 nitrogen and oxygen atoms in total. The second kappa shape index (κ2) is 5.53. The SMILES string of the molecule is CCCn1ncc(Br)c1C1(O)CCCCCC1. The van der Waals surface area contributed by atoms with Crippen LogP contribution in [0.15, 0.2) is 10.7 Å². The Labute approximate surface area is 111 Å². The number of nitrogens with zero attached hydrogens (tertiary/aromatic N) is 2. The Morgan fingerprint density at radius 2 is 2.00 bits per heavy atom. The molecule has 0 unspecified atom stereocenters. The van der Waals surface area contributed by atoms with Crippen LogP contribution < -0.4 is 0 Å². The van der Waals surface area contributed by atoms with E-state index < -0.39 is 5.60 Å². The van der Waals surface area contributed by atoms with Crippen LogP contribution in [0, 0.1) is 0 Å².